The second-order valence-corrected chi connectivity index (χ2v) is 6.39. The van der Waals surface area contributed by atoms with Gasteiger partial charge < -0.3 is 5.32 Å². The average Bonchev–Trinajstić information content (AvgIpc) is 2.75. The third-order valence-electron chi connectivity index (χ3n) is 3.32. The summed E-state index contributed by atoms with van der Waals surface area (Å²) in [6, 6.07) is 11.1. The van der Waals surface area contributed by atoms with Crippen LogP contribution in [-0.2, 0) is 6.42 Å². The molecule has 96 valence electrons. The van der Waals surface area contributed by atoms with Crippen LogP contribution in [0.25, 0.3) is 0 Å². The van der Waals surface area contributed by atoms with Crippen LogP contribution in [0, 0.1) is 13.8 Å². The molecular weight excluding hydrogens is 262 g/mol. The molecule has 18 heavy (non-hydrogen) atoms. The number of benzene rings is 1. The molecule has 0 aliphatic heterocycles. The molecule has 0 radical (unpaired) electrons. The van der Waals surface area contributed by atoms with Crippen molar-refractivity contribution in [3.8, 4) is 0 Å². The molecule has 0 fully saturated rings. The maximum absolute atomic E-state index is 5.98. The van der Waals surface area contributed by atoms with E-state index in [9.17, 15) is 0 Å². The van der Waals surface area contributed by atoms with Crippen molar-refractivity contribution in [2.75, 3.05) is 7.05 Å². The summed E-state index contributed by atoms with van der Waals surface area (Å²) >= 11 is 7.64. The Bertz CT molecular complexity index is 533. The van der Waals surface area contributed by atoms with Gasteiger partial charge in [0.2, 0.25) is 0 Å². The van der Waals surface area contributed by atoms with Crippen molar-refractivity contribution in [3.05, 3.63) is 56.2 Å². The Balaban J connectivity index is 2.19. The summed E-state index contributed by atoms with van der Waals surface area (Å²) in [5.41, 5.74) is 4.02. The first-order valence-electron chi connectivity index (χ1n) is 6.09. The van der Waals surface area contributed by atoms with Crippen LogP contribution in [0.15, 0.2) is 30.3 Å². The van der Waals surface area contributed by atoms with E-state index < -0.39 is 0 Å². The van der Waals surface area contributed by atoms with E-state index in [1.807, 2.05) is 13.1 Å². The lowest BCUT2D eigenvalue weighted by atomic mass is 9.98. The third kappa shape index (κ3) is 3.14. The number of nitrogens with one attached hydrogen (secondary N) is 1. The molecule has 2 aromatic rings. The Kier molecular flexibility index (Phi) is 4.44. The molecule has 0 amide bonds. The Morgan fingerprint density at radius 2 is 1.94 bits per heavy atom. The van der Waals surface area contributed by atoms with Crippen molar-refractivity contribution >= 4 is 22.9 Å². The molecule has 1 N–H and O–H groups in total. The van der Waals surface area contributed by atoms with Gasteiger partial charge in [0.15, 0.2) is 0 Å². The molecule has 1 atom stereocenters. The predicted octanol–water partition coefficient (Wildman–Crippen LogP) is 4.52. The standard InChI is InChI=1S/C15H18ClNS/c1-10-4-5-12(8-11(10)2)14(17-3)9-13-6-7-15(16)18-13/h4-8,14,17H,9H2,1-3H3. The van der Waals surface area contributed by atoms with Crippen molar-refractivity contribution < 1.29 is 0 Å². The van der Waals surface area contributed by atoms with Crippen LogP contribution in [0.3, 0.4) is 0 Å². The minimum absolute atomic E-state index is 0.346. The Hall–Kier alpha value is -0.830. The highest BCUT2D eigenvalue weighted by atomic mass is 35.5. The maximum atomic E-state index is 5.98. The highest BCUT2D eigenvalue weighted by Gasteiger charge is 2.12. The van der Waals surface area contributed by atoms with E-state index in [-0.39, 0.29) is 0 Å². The van der Waals surface area contributed by atoms with E-state index in [0.29, 0.717) is 6.04 Å². The lowest BCUT2D eigenvalue weighted by Gasteiger charge is -2.17. The van der Waals surface area contributed by atoms with Crippen LogP contribution < -0.4 is 5.32 Å². The van der Waals surface area contributed by atoms with Gasteiger partial charge >= 0.3 is 0 Å². The molecule has 1 aromatic carbocycles. The quantitative estimate of drug-likeness (QED) is 0.868. The molecule has 0 saturated heterocycles. The van der Waals surface area contributed by atoms with Crippen LogP contribution in [0.5, 0.6) is 0 Å². The summed E-state index contributed by atoms with van der Waals surface area (Å²) in [5, 5.41) is 3.39. The minimum atomic E-state index is 0.346. The summed E-state index contributed by atoms with van der Waals surface area (Å²) in [5.74, 6) is 0. The van der Waals surface area contributed by atoms with Crippen LogP contribution in [0.2, 0.25) is 4.34 Å². The Morgan fingerprint density at radius 1 is 1.17 bits per heavy atom. The highest BCUT2D eigenvalue weighted by Crippen LogP contribution is 2.27. The Labute approximate surface area is 118 Å². The summed E-state index contributed by atoms with van der Waals surface area (Å²) < 4.78 is 0.861. The van der Waals surface area contributed by atoms with Gasteiger partial charge in [-0.15, -0.1) is 11.3 Å². The number of hydrogen-bond acceptors (Lipinski definition) is 2. The van der Waals surface area contributed by atoms with Gasteiger partial charge in [-0.25, -0.2) is 0 Å². The molecular formula is C15H18ClNS. The molecule has 0 aliphatic carbocycles. The number of thiophene rings is 1. The first kappa shape index (κ1) is 13.6. The van der Waals surface area contributed by atoms with Gasteiger partial charge in [-0.1, -0.05) is 29.8 Å². The molecule has 0 spiro atoms. The van der Waals surface area contributed by atoms with Gasteiger partial charge in [0.1, 0.15) is 0 Å². The fourth-order valence-electron chi connectivity index (χ4n) is 2.03. The zero-order valence-corrected chi connectivity index (χ0v) is 12.5. The fraction of sp³-hybridized carbons (Fsp3) is 0.333. The molecule has 0 bridgehead atoms. The summed E-state index contributed by atoms with van der Waals surface area (Å²) in [4.78, 5) is 1.32. The van der Waals surface area contributed by atoms with E-state index in [0.717, 1.165) is 10.8 Å². The first-order chi connectivity index (χ1) is 8.60. The van der Waals surface area contributed by atoms with Crippen LogP contribution in [-0.4, -0.2) is 7.05 Å². The monoisotopic (exact) mass is 279 g/mol. The van der Waals surface area contributed by atoms with Crippen molar-refractivity contribution in [1.82, 2.24) is 5.32 Å². The Morgan fingerprint density at radius 3 is 2.50 bits per heavy atom. The number of likely N-dealkylation sites (N-methyl/N-ethyl adjacent to an activating group) is 1. The largest absolute Gasteiger partial charge is 0.313 e. The molecule has 1 nitrogen and oxygen atoms in total. The SMILES string of the molecule is CNC(Cc1ccc(Cl)s1)c1ccc(C)c(C)c1. The molecule has 3 heteroatoms. The highest BCUT2D eigenvalue weighted by molar-refractivity contribution is 7.16. The summed E-state index contributed by atoms with van der Waals surface area (Å²) in [6.07, 6.45) is 0.983. The van der Waals surface area contributed by atoms with Gasteiger partial charge in [-0.3, -0.25) is 0 Å². The molecule has 1 heterocycles. The second kappa shape index (κ2) is 5.87. The maximum Gasteiger partial charge on any atom is 0.0931 e. The first-order valence-corrected chi connectivity index (χ1v) is 7.28. The molecule has 1 aromatic heterocycles. The van der Waals surface area contributed by atoms with Crippen LogP contribution in [0.4, 0.5) is 0 Å². The van der Waals surface area contributed by atoms with E-state index in [4.69, 9.17) is 11.6 Å². The minimum Gasteiger partial charge on any atom is -0.313 e. The van der Waals surface area contributed by atoms with E-state index in [1.165, 1.54) is 21.6 Å². The van der Waals surface area contributed by atoms with Gasteiger partial charge in [-0.05, 0) is 49.7 Å². The number of halogens is 1. The molecule has 1 unspecified atom stereocenters. The van der Waals surface area contributed by atoms with E-state index >= 15 is 0 Å². The van der Waals surface area contributed by atoms with Crippen LogP contribution in [0.1, 0.15) is 27.6 Å². The van der Waals surface area contributed by atoms with Crippen molar-refractivity contribution in [1.29, 1.82) is 0 Å². The molecule has 2 rings (SSSR count). The summed E-state index contributed by atoms with van der Waals surface area (Å²) in [7, 11) is 2.01. The average molecular weight is 280 g/mol. The number of aryl methyl sites for hydroxylation is 2. The van der Waals surface area contributed by atoms with Gasteiger partial charge in [0, 0.05) is 17.3 Å². The van der Waals surface area contributed by atoms with Gasteiger partial charge in [0.25, 0.3) is 0 Å². The second-order valence-electron chi connectivity index (χ2n) is 4.59. The van der Waals surface area contributed by atoms with E-state index in [2.05, 4.69) is 43.4 Å². The topological polar surface area (TPSA) is 12.0 Å². The lowest BCUT2D eigenvalue weighted by molar-refractivity contribution is 0.596. The number of rotatable bonds is 4. The molecule has 0 aliphatic rings. The third-order valence-corrected chi connectivity index (χ3v) is 4.57. The number of hydrogen-bond donors (Lipinski definition) is 1. The zero-order chi connectivity index (χ0) is 13.1. The predicted molar refractivity (Wildman–Crippen MR) is 80.7 cm³/mol. The smallest absolute Gasteiger partial charge is 0.0931 e. The van der Waals surface area contributed by atoms with Crippen LogP contribution >= 0.6 is 22.9 Å². The zero-order valence-electron chi connectivity index (χ0n) is 11.0. The normalized spacial score (nSPS) is 12.7. The van der Waals surface area contributed by atoms with E-state index in [1.54, 1.807) is 11.3 Å². The van der Waals surface area contributed by atoms with Gasteiger partial charge in [-0.2, -0.15) is 0 Å². The molecule has 0 saturated carbocycles. The fourth-order valence-corrected chi connectivity index (χ4v) is 3.16. The summed E-state index contributed by atoms with van der Waals surface area (Å²) in [6.45, 7) is 4.31. The van der Waals surface area contributed by atoms with Gasteiger partial charge in [0.05, 0.1) is 4.34 Å². The van der Waals surface area contributed by atoms with Crippen molar-refractivity contribution in [3.63, 3.8) is 0 Å². The lowest BCUT2D eigenvalue weighted by Crippen LogP contribution is -2.18. The van der Waals surface area contributed by atoms with Crippen molar-refractivity contribution in [2.45, 2.75) is 26.3 Å². The van der Waals surface area contributed by atoms with Crippen molar-refractivity contribution in [2.24, 2.45) is 0 Å².